The number of ether oxygens (including phenoxy) is 2. The van der Waals surface area contributed by atoms with Gasteiger partial charge in [-0.3, -0.25) is 0 Å². The summed E-state index contributed by atoms with van der Waals surface area (Å²) in [6.07, 6.45) is 0. The smallest absolute Gasteiger partial charge is 0.343 e. The van der Waals surface area contributed by atoms with Gasteiger partial charge < -0.3 is 14.6 Å². The van der Waals surface area contributed by atoms with Gasteiger partial charge in [-0.25, -0.2) is 4.79 Å². The molecule has 0 saturated carbocycles. The zero-order valence-electron chi connectivity index (χ0n) is 8.98. The lowest BCUT2D eigenvalue weighted by atomic mass is 10.1. The summed E-state index contributed by atoms with van der Waals surface area (Å²) in [5.41, 5.74) is -0.190. The van der Waals surface area contributed by atoms with Crippen LogP contribution >= 0.6 is 0 Å². The molecule has 0 radical (unpaired) electrons. The maximum atomic E-state index is 11.5. The Bertz CT molecular complexity index is 448. The van der Waals surface area contributed by atoms with Crippen LogP contribution in [0.2, 0.25) is 0 Å². The van der Waals surface area contributed by atoms with Crippen molar-refractivity contribution in [3.8, 4) is 17.6 Å². The number of nitrogens with zero attached hydrogens (tertiary/aromatic N) is 1. The quantitative estimate of drug-likeness (QED) is 0.781. The number of esters is 1. The standard InChI is InChI=1S/C11H11NO4/c1-3-16-11(14)10-7(6-12)9(15-2)5-4-8(10)13/h4-5,13H,3H2,1-2H3. The molecule has 5 heteroatoms. The molecule has 1 aromatic carbocycles. The fourth-order valence-electron chi connectivity index (χ4n) is 1.26. The van der Waals surface area contributed by atoms with E-state index in [1.165, 1.54) is 19.2 Å². The van der Waals surface area contributed by atoms with Crippen LogP contribution in [0.5, 0.6) is 11.5 Å². The fraction of sp³-hybridized carbons (Fsp3) is 0.273. The highest BCUT2D eigenvalue weighted by Gasteiger charge is 2.21. The Hall–Kier alpha value is -2.22. The molecule has 0 aliphatic carbocycles. The second kappa shape index (κ2) is 5.03. The molecule has 0 heterocycles. The van der Waals surface area contributed by atoms with E-state index in [2.05, 4.69) is 0 Å². The van der Waals surface area contributed by atoms with Crippen LogP contribution in [-0.2, 0) is 4.74 Å². The molecule has 1 aromatic rings. The molecule has 16 heavy (non-hydrogen) atoms. The van der Waals surface area contributed by atoms with Gasteiger partial charge in [0.1, 0.15) is 28.7 Å². The number of benzene rings is 1. The van der Waals surface area contributed by atoms with E-state index >= 15 is 0 Å². The van der Waals surface area contributed by atoms with Crippen molar-refractivity contribution in [2.75, 3.05) is 13.7 Å². The summed E-state index contributed by atoms with van der Waals surface area (Å²) in [7, 11) is 1.38. The molecule has 0 saturated heterocycles. The van der Waals surface area contributed by atoms with Gasteiger partial charge in [0, 0.05) is 0 Å². The van der Waals surface area contributed by atoms with Crippen molar-refractivity contribution in [2.24, 2.45) is 0 Å². The van der Waals surface area contributed by atoms with Gasteiger partial charge in [-0.15, -0.1) is 0 Å². The zero-order valence-corrected chi connectivity index (χ0v) is 8.98. The summed E-state index contributed by atoms with van der Waals surface area (Å²) in [6.45, 7) is 1.81. The molecule has 0 bridgehead atoms. The van der Waals surface area contributed by atoms with Crippen LogP contribution in [0.1, 0.15) is 22.8 Å². The number of hydrogen-bond donors (Lipinski definition) is 1. The van der Waals surface area contributed by atoms with Crippen LogP contribution < -0.4 is 4.74 Å². The highest BCUT2D eigenvalue weighted by atomic mass is 16.5. The minimum atomic E-state index is -0.740. The van der Waals surface area contributed by atoms with Crippen molar-refractivity contribution < 1.29 is 19.4 Å². The average Bonchev–Trinajstić information content (AvgIpc) is 2.28. The second-order valence-electron chi connectivity index (χ2n) is 2.87. The SMILES string of the molecule is CCOC(=O)c1c(O)ccc(OC)c1C#N. The van der Waals surface area contributed by atoms with Gasteiger partial charge in [-0.05, 0) is 19.1 Å². The summed E-state index contributed by atoms with van der Waals surface area (Å²) < 4.78 is 9.66. The molecule has 1 N–H and O–H groups in total. The number of phenolic OH excluding ortho intramolecular Hbond substituents is 1. The van der Waals surface area contributed by atoms with E-state index in [4.69, 9.17) is 14.7 Å². The Morgan fingerprint density at radius 3 is 2.75 bits per heavy atom. The van der Waals surface area contributed by atoms with Gasteiger partial charge in [0.25, 0.3) is 0 Å². The molecule has 0 atom stereocenters. The number of phenols is 1. The molecule has 84 valence electrons. The predicted octanol–water partition coefficient (Wildman–Crippen LogP) is 1.45. The van der Waals surface area contributed by atoms with Crippen molar-refractivity contribution in [2.45, 2.75) is 6.92 Å². The maximum absolute atomic E-state index is 11.5. The molecule has 0 amide bonds. The first-order chi connectivity index (χ1) is 7.65. The van der Waals surface area contributed by atoms with Crippen molar-refractivity contribution in [3.05, 3.63) is 23.3 Å². The number of rotatable bonds is 3. The second-order valence-corrected chi connectivity index (χ2v) is 2.87. The van der Waals surface area contributed by atoms with E-state index in [0.29, 0.717) is 0 Å². The number of hydrogen-bond acceptors (Lipinski definition) is 5. The lowest BCUT2D eigenvalue weighted by Gasteiger charge is -2.09. The maximum Gasteiger partial charge on any atom is 0.343 e. The van der Waals surface area contributed by atoms with Crippen LogP contribution in [0.4, 0.5) is 0 Å². The Morgan fingerprint density at radius 2 is 2.25 bits per heavy atom. The zero-order chi connectivity index (χ0) is 12.1. The van der Waals surface area contributed by atoms with E-state index < -0.39 is 5.97 Å². The third-order valence-electron chi connectivity index (χ3n) is 1.96. The number of carbonyl (C=O) groups is 1. The van der Waals surface area contributed by atoms with Crippen LogP contribution in [-0.4, -0.2) is 24.8 Å². The highest BCUT2D eigenvalue weighted by molar-refractivity contribution is 5.96. The average molecular weight is 221 g/mol. The number of carbonyl (C=O) groups excluding carboxylic acids is 1. The largest absolute Gasteiger partial charge is 0.507 e. The Kier molecular flexibility index (Phi) is 3.72. The van der Waals surface area contributed by atoms with Crippen molar-refractivity contribution in [1.29, 1.82) is 5.26 Å². The Balaban J connectivity index is 3.35. The van der Waals surface area contributed by atoms with Crippen LogP contribution in [0, 0.1) is 11.3 Å². The van der Waals surface area contributed by atoms with Crippen LogP contribution in [0.25, 0.3) is 0 Å². The molecule has 0 aliphatic heterocycles. The Labute approximate surface area is 92.8 Å². The number of methoxy groups -OCH3 is 1. The summed E-state index contributed by atoms with van der Waals surface area (Å²) in [6, 6.07) is 4.51. The highest BCUT2D eigenvalue weighted by Crippen LogP contribution is 2.29. The molecule has 5 nitrogen and oxygen atoms in total. The monoisotopic (exact) mass is 221 g/mol. The minimum Gasteiger partial charge on any atom is -0.507 e. The van der Waals surface area contributed by atoms with E-state index in [1.54, 1.807) is 6.92 Å². The molecule has 0 aliphatic rings. The van der Waals surface area contributed by atoms with Crippen LogP contribution in [0.15, 0.2) is 12.1 Å². The van der Waals surface area contributed by atoms with Gasteiger partial charge in [0.05, 0.1) is 13.7 Å². The van der Waals surface area contributed by atoms with E-state index in [0.717, 1.165) is 0 Å². The first-order valence-electron chi connectivity index (χ1n) is 4.62. The van der Waals surface area contributed by atoms with Gasteiger partial charge in [0.2, 0.25) is 0 Å². The van der Waals surface area contributed by atoms with Crippen molar-refractivity contribution in [3.63, 3.8) is 0 Å². The number of nitriles is 1. The summed E-state index contributed by atoms with van der Waals surface area (Å²) in [5.74, 6) is -0.811. The van der Waals surface area contributed by atoms with E-state index in [1.807, 2.05) is 6.07 Å². The lowest BCUT2D eigenvalue weighted by molar-refractivity contribution is 0.0522. The first kappa shape index (κ1) is 11.9. The third-order valence-corrected chi connectivity index (χ3v) is 1.96. The van der Waals surface area contributed by atoms with E-state index in [9.17, 15) is 9.90 Å². The van der Waals surface area contributed by atoms with Crippen LogP contribution in [0.3, 0.4) is 0 Å². The molecule has 0 unspecified atom stereocenters. The van der Waals surface area contributed by atoms with Gasteiger partial charge in [0.15, 0.2) is 0 Å². The van der Waals surface area contributed by atoms with Gasteiger partial charge >= 0.3 is 5.97 Å². The molecule has 0 spiro atoms. The first-order valence-corrected chi connectivity index (χ1v) is 4.62. The van der Waals surface area contributed by atoms with Gasteiger partial charge in [-0.2, -0.15) is 5.26 Å². The summed E-state index contributed by atoms with van der Waals surface area (Å²) >= 11 is 0. The van der Waals surface area contributed by atoms with E-state index in [-0.39, 0.29) is 29.2 Å². The normalized spacial score (nSPS) is 9.31. The lowest BCUT2D eigenvalue weighted by Crippen LogP contribution is -2.08. The summed E-state index contributed by atoms with van der Waals surface area (Å²) in [4.78, 5) is 11.5. The molecular weight excluding hydrogens is 210 g/mol. The molecule has 0 aromatic heterocycles. The predicted molar refractivity (Wildman–Crippen MR) is 55.3 cm³/mol. The molecular formula is C11H11NO4. The van der Waals surface area contributed by atoms with Crippen molar-refractivity contribution in [1.82, 2.24) is 0 Å². The summed E-state index contributed by atoms with van der Waals surface area (Å²) in [5, 5.41) is 18.5. The Morgan fingerprint density at radius 1 is 1.56 bits per heavy atom. The molecule has 0 fully saturated rings. The molecule has 1 rings (SSSR count). The fourth-order valence-corrected chi connectivity index (χ4v) is 1.26. The number of aromatic hydroxyl groups is 1. The van der Waals surface area contributed by atoms with Gasteiger partial charge in [-0.1, -0.05) is 0 Å². The van der Waals surface area contributed by atoms with Crippen molar-refractivity contribution >= 4 is 5.97 Å². The minimum absolute atomic E-state index is 0.0269. The third kappa shape index (κ3) is 2.06. The topological polar surface area (TPSA) is 79.6 Å².